The summed E-state index contributed by atoms with van der Waals surface area (Å²) in [6.07, 6.45) is 7.07. The Labute approximate surface area is 148 Å². The van der Waals surface area contributed by atoms with Gasteiger partial charge in [-0.15, -0.1) is 0 Å². The first-order chi connectivity index (χ1) is 12.2. The van der Waals surface area contributed by atoms with E-state index in [4.69, 9.17) is 9.47 Å². The molecule has 134 valence electrons. The van der Waals surface area contributed by atoms with Gasteiger partial charge in [0.15, 0.2) is 0 Å². The first kappa shape index (κ1) is 17.3. The maximum absolute atomic E-state index is 11.7. The molecule has 6 heteroatoms. The van der Waals surface area contributed by atoms with Crippen molar-refractivity contribution < 1.29 is 14.3 Å². The summed E-state index contributed by atoms with van der Waals surface area (Å²) in [6.45, 7) is 4.78. The van der Waals surface area contributed by atoms with Gasteiger partial charge >= 0.3 is 5.97 Å². The van der Waals surface area contributed by atoms with Crippen LogP contribution in [-0.4, -0.2) is 42.3 Å². The molecule has 25 heavy (non-hydrogen) atoms. The van der Waals surface area contributed by atoms with Gasteiger partial charge < -0.3 is 18.9 Å². The minimum atomic E-state index is -0.139. The molecule has 1 aliphatic heterocycles. The summed E-state index contributed by atoms with van der Waals surface area (Å²) in [4.78, 5) is 18.1. The smallest absolute Gasteiger partial charge is 0.307 e. The number of anilines is 1. The van der Waals surface area contributed by atoms with Crippen LogP contribution in [-0.2, 0) is 16.1 Å². The van der Waals surface area contributed by atoms with Gasteiger partial charge in [-0.3, -0.25) is 4.79 Å². The van der Waals surface area contributed by atoms with Crippen LogP contribution in [0.4, 0.5) is 5.69 Å². The van der Waals surface area contributed by atoms with E-state index in [0.717, 1.165) is 25.3 Å². The molecule has 0 aliphatic carbocycles. The summed E-state index contributed by atoms with van der Waals surface area (Å²) < 4.78 is 12.5. The number of fused-ring (bicyclic) bond motifs is 1. The van der Waals surface area contributed by atoms with Crippen molar-refractivity contribution in [1.82, 2.24) is 9.55 Å². The lowest BCUT2D eigenvalue weighted by Crippen LogP contribution is -2.25. The van der Waals surface area contributed by atoms with Crippen molar-refractivity contribution in [3.8, 4) is 5.75 Å². The molecule has 1 aromatic heterocycles. The minimum Gasteiger partial charge on any atom is -0.497 e. The molecule has 2 aromatic rings. The zero-order valence-corrected chi connectivity index (χ0v) is 14.9. The molecule has 0 fully saturated rings. The van der Waals surface area contributed by atoms with Gasteiger partial charge in [0.1, 0.15) is 5.75 Å². The van der Waals surface area contributed by atoms with E-state index < -0.39 is 0 Å². The molecule has 3 rings (SSSR count). The number of hydrogen-bond donors (Lipinski definition) is 0. The van der Waals surface area contributed by atoms with Crippen LogP contribution in [0.3, 0.4) is 0 Å². The number of carbonyl (C=O) groups is 1. The van der Waals surface area contributed by atoms with Crippen LogP contribution in [0.1, 0.15) is 31.2 Å². The molecule has 0 spiro atoms. The average molecular weight is 343 g/mol. The number of methoxy groups -OCH3 is 1. The Balaban J connectivity index is 1.71. The van der Waals surface area contributed by atoms with Gasteiger partial charge in [0.2, 0.25) is 0 Å². The molecule has 0 N–H and O–H groups in total. The molecule has 1 aromatic carbocycles. The normalized spacial score (nSPS) is 15.9. The average Bonchev–Trinajstić information content (AvgIpc) is 3.26. The molecule has 1 atom stereocenters. The number of aryl methyl sites for hydroxylation is 1. The highest BCUT2D eigenvalue weighted by molar-refractivity contribution is 5.71. The predicted molar refractivity (Wildman–Crippen MR) is 96.0 cm³/mol. The van der Waals surface area contributed by atoms with E-state index >= 15 is 0 Å². The second-order valence-electron chi connectivity index (χ2n) is 6.21. The molecule has 1 aliphatic rings. The highest BCUT2D eigenvalue weighted by Gasteiger charge is 2.29. The molecule has 0 saturated carbocycles. The van der Waals surface area contributed by atoms with Gasteiger partial charge in [0.25, 0.3) is 0 Å². The standard InChI is InChI=1S/C19H25N3O3/c1-3-25-19(23)7-10-22-13-15(6-9-21-11-8-20-14-21)17-12-16(24-2)4-5-18(17)22/h4-5,8,11-12,14-15H,3,6-7,9-10,13H2,1-2H3. The molecule has 0 bridgehead atoms. The fourth-order valence-corrected chi connectivity index (χ4v) is 3.38. The van der Waals surface area contributed by atoms with Crippen LogP contribution >= 0.6 is 0 Å². The van der Waals surface area contributed by atoms with E-state index in [9.17, 15) is 4.79 Å². The van der Waals surface area contributed by atoms with Crippen molar-refractivity contribution in [2.24, 2.45) is 0 Å². The van der Waals surface area contributed by atoms with Gasteiger partial charge in [-0.1, -0.05) is 0 Å². The van der Waals surface area contributed by atoms with E-state index in [2.05, 4.69) is 26.6 Å². The SMILES string of the molecule is CCOC(=O)CCN1CC(CCn2ccnc2)c2cc(OC)ccc21. The predicted octanol–water partition coefficient (Wildman–Crippen LogP) is 2.84. The lowest BCUT2D eigenvalue weighted by atomic mass is 9.97. The number of carbonyl (C=O) groups excluding carboxylic acids is 1. The molecule has 0 radical (unpaired) electrons. The van der Waals surface area contributed by atoms with Crippen molar-refractivity contribution in [3.05, 3.63) is 42.5 Å². The van der Waals surface area contributed by atoms with Crippen molar-refractivity contribution in [3.63, 3.8) is 0 Å². The molecule has 6 nitrogen and oxygen atoms in total. The third-order valence-electron chi connectivity index (χ3n) is 4.64. The zero-order chi connectivity index (χ0) is 17.6. The molecule has 0 saturated heterocycles. The van der Waals surface area contributed by atoms with Gasteiger partial charge in [0.05, 0.1) is 26.5 Å². The molecule has 2 heterocycles. The quantitative estimate of drug-likeness (QED) is 0.690. The first-order valence-corrected chi connectivity index (χ1v) is 8.75. The van der Waals surface area contributed by atoms with E-state index in [-0.39, 0.29) is 5.97 Å². The number of ether oxygens (including phenoxy) is 2. The molecular weight excluding hydrogens is 318 g/mol. The summed E-state index contributed by atoms with van der Waals surface area (Å²) in [5.41, 5.74) is 2.49. The second kappa shape index (κ2) is 8.05. The largest absolute Gasteiger partial charge is 0.497 e. The van der Waals surface area contributed by atoms with Crippen molar-refractivity contribution in [2.45, 2.75) is 32.2 Å². The van der Waals surface area contributed by atoms with Crippen LogP contribution < -0.4 is 9.64 Å². The van der Waals surface area contributed by atoms with Gasteiger partial charge in [0, 0.05) is 43.6 Å². The van der Waals surface area contributed by atoms with Crippen LogP contribution in [0.25, 0.3) is 0 Å². The fourth-order valence-electron chi connectivity index (χ4n) is 3.38. The van der Waals surface area contributed by atoms with Crippen molar-refractivity contribution in [2.75, 3.05) is 31.7 Å². The highest BCUT2D eigenvalue weighted by atomic mass is 16.5. The summed E-state index contributed by atoms with van der Waals surface area (Å²) in [5, 5.41) is 0. The van der Waals surface area contributed by atoms with E-state index in [0.29, 0.717) is 25.5 Å². The maximum Gasteiger partial charge on any atom is 0.307 e. The second-order valence-corrected chi connectivity index (χ2v) is 6.21. The third-order valence-corrected chi connectivity index (χ3v) is 4.64. The lowest BCUT2D eigenvalue weighted by molar-refractivity contribution is -0.142. The lowest BCUT2D eigenvalue weighted by Gasteiger charge is -2.19. The van der Waals surface area contributed by atoms with Crippen LogP contribution in [0.5, 0.6) is 5.75 Å². The summed E-state index contributed by atoms with van der Waals surface area (Å²) in [6, 6.07) is 6.20. The fraction of sp³-hybridized carbons (Fsp3) is 0.474. The Morgan fingerprint density at radius 2 is 2.24 bits per heavy atom. The highest BCUT2D eigenvalue weighted by Crippen LogP contribution is 2.40. The molecular formula is C19H25N3O3. The topological polar surface area (TPSA) is 56.6 Å². The van der Waals surface area contributed by atoms with E-state index in [1.807, 2.05) is 25.5 Å². The van der Waals surface area contributed by atoms with E-state index in [1.165, 1.54) is 11.3 Å². The number of nitrogens with zero attached hydrogens (tertiary/aromatic N) is 3. The summed E-state index contributed by atoms with van der Waals surface area (Å²) in [5.74, 6) is 1.15. The van der Waals surface area contributed by atoms with Gasteiger partial charge in [-0.2, -0.15) is 0 Å². The number of imidazole rings is 1. The Kier molecular flexibility index (Phi) is 5.58. The Morgan fingerprint density at radius 3 is 2.96 bits per heavy atom. The summed E-state index contributed by atoms with van der Waals surface area (Å²) in [7, 11) is 1.69. The van der Waals surface area contributed by atoms with Crippen LogP contribution in [0, 0.1) is 0 Å². The molecule has 0 amide bonds. The monoisotopic (exact) mass is 343 g/mol. The van der Waals surface area contributed by atoms with Gasteiger partial charge in [-0.25, -0.2) is 4.98 Å². The minimum absolute atomic E-state index is 0.139. The number of benzene rings is 1. The Morgan fingerprint density at radius 1 is 1.36 bits per heavy atom. The number of hydrogen-bond acceptors (Lipinski definition) is 5. The molecule has 1 unspecified atom stereocenters. The number of esters is 1. The third kappa shape index (κ3) is 4.13. The Hall–Kier alpha value is -2.50. The first-order valence-electron chi connectivity index (χ1n) is 8.75. The maximum atomic E-state index is 11.7. The Bertz CT molecular complexity index is 700. The summed E-state index contributed by atoms with van der Waals surface area (Å²) >= 11 is 0. The van der Waals surface area contributed by atoms with Crippen LogP contribution in [0.15, 0.2) is 36.9 Å². The van der Waals surface area contributed by atoms with Crippen LogP contribution in [0.2, 0.25) is 0 Å². The van der Waals surface area contributed by atoms with Crippen molar-refractivity contribution >= 4 is 11.7 Å². The van der Waals surface area contributed by atoms with Gasteiger partial charge in [-0.05, 0) is 37.1 Å². The van der Waals surface area contributed by atoms with Crippen molar-refractivity contribution in [1.29, 1.82) is 0 Å². The number of aromatic nitrogens is 2. The van der Waals surface area contributed by atoms with E-state index in [1.54, 1.807) is 13.3 Å². The number of rotatable bonds is 8. The zero-order valence-electron chi connectivity index (χ0n) is 14.9.